The first kappa shape index (κ1) is 10.7. The third-order valence-corrected chi connectivity index (χ3v) is 2.36. The van der Waals surface area contributed by atoms with Crippen molar-refractivity contribution in [1.29, 1.82) is 0 Å². The molecule has 0 saturated heterocycles. The average molecular weight is 216 g/mol. The molecule has 82 valence electrons. The second kappa shape index (κ2) is 4.39. The molecule has 3 heteroatoms. The molecule has 2 aromatic rings. The molecular weight excluding hydrogens is 203 g/mol. The lowest BCUT2D eigenvalue weighted by atomic mass is 10.1. The highest BCUT2D eigenvalue weighted by molar-refractivity contribution is 5.59. The number of aryl methyl sites for hydroxylation is 2. The van der Waals surface area contributed by atoms with Crippen molar-refractivity contribution in [2.24, 2.45) is 0 Å². The average Bonchev–Trinajstić information content (AvgIpc) is 2.29. The van der Waals surface area contributed by atoms with E-state index in [2.05, 4.69) is 9.97 Å². The number of rotatable bonds is 2. The molecule has 0 aliphatic heterocycles. The number of nitrogens with zero attached hydrogens (tertiary/aromatic N) is 2. The van der Waals surface area contributed by atoms with E-state index >= 15 is 0 Å². The quantitative estimate of drug-likeness (QED) is 0.770. The van der Waals surface area contributed by atoms with Crippen LogP contribution < -0.4 is 0 Å². The first-order valence-electron chi connectivity index (χ1n) is 5.29. The maximum atomic E-state index is 12.8. The number of hydrogen-bond acceptors (Lipinski definition) is 2. The van der Waals surface area contributed by atoms with Gasteiger partial charge in [-0.25, -0.2) is 14.4 Å². The van der Waals surface area contributed by atoms with Crippen molar-refractivity contribution in [2.75, 3.05) is 0 Å². The predicted molar refractivity (Wildman–Crippen MR) is 61.5 cm³/mol. The normalized spacial score (nSPS) is 10.4. The van der Waals surface area contributed by atoms with E-state index in [-0.39, 0.29) is 5.82 Å². The highest BCUT2D eigenvalue weighted by Crippen LogP contribution is 2.18. The second-order valence-corrected chi connectivity index (χ2v) is 3.67. The summed E-state index contributed by atoms with van der Waals surface area (Å²) in [6.45, 7) is 3.96. The lowest BCUT2D eigenvalue weighted by molar-refractivity contribution is 0.628. The van der Waals surface area contributed by atoms with Crippen LogP contribution in [0.5, 0.6) is 0 Å². The van der Waals surface area contributed by atoms with Crippen molar-refractivity contribution >= 4 is 0 Å². The van der Waals surface area contributed by atoms with Gasteiger partial charge in [-0.15, -0.1) is 0 Å². The Balaban J connectivity index is 2.47. The van der Waals surface area contributed by atoms with Gasteiger partial charge in [-0.1, -0.05) is 6.92 Å². The minimum atomic E-state index is -0.231. The molecule has 0 N–H and O–H groups in total. The van der Waals surface area contributed by atoms with Gasteiger partial charge in [0, 0.05) is 17.7 Å². The second-order valence-electron chi connectivity index (χ2n) is 3.67. The van der Waals surface area contributed by atoms with Crippen LogP contribution in [0.25, 0.3) is 11.3 Å². The Labute approximate surface area is 94.2 Å². The van der Waals surface area contributed by atoms with Gasteiger partial charge in [0.05, 0.1) is 5.69 Å². The molecule has 1 aromatic heterocycles. The summed E-state index contributed by atoms with van der Waals surface area (Å²) in [6.07, 6.45) is 0.801. The number of benzene rings is 1. The van der Waals surface area contributed by atoms with Crippen LogP contribution in [-0.2, 0) is 6.42 Å². The third kappa shape index (κ3) is 2.24. The SMILES string of the molecule is CCc1nc(C)cc(-c2ccc(F)cc2)n1. The summed E-state index contributed by atoms with van der Waals surface area (Å²) in [7, 11) is 0. The largest absolute Gasteiger partial charge is 0.238 e. The Morgan fingerprint density at radius 1 is 1.12 bits per heavy atom. The summed E-state index contributed by atoms with van der Waals surface area (Å²) < 4.78 is 12.8. The Morgan fingerprint density at radius 3 is 2.44 bits per heavy atom. The van der Waals surface area contributed by atoms with Gasteiger partial charge < -0.3 is 0 Å². The van der Waals surface area contributed by atoms with Crippen LogP contribution in [0, 0.1) is 12.7 Å². The summed E-state index contributed by atoms with van der Waals surface area (Å²) >= 11 is 0. The lowest BCUT2D eigenvalue weighted by Crippen LogP contribution is -1.97. The predicted octanol–water partition coefficient (Wildman–Crippen LogP) is 3.15. The van der Waals surface area contributed by atoms with Crippen molar-refractivity contribution < 1.29 is 4.39 Å². The molecule has 0 amide bonds. The molecule has 0 unspecified atom stereocenters. The Bertz CT molecular complexity index is 492. The van der Waals surface area contributed by atoms with Crippen molar-refractivity contribution in [3.63, 3.8) is 0 Å². The zero-order valence-corrected chi connectivity index (χ0v) is 9.37. The molecule has 0 fully saturated rings. The van der Waals surface area contributed by atoms with Crippen LogP contribution >= 0.6 is 0 Å². The zero-order valence-electron chi connectivity index (χ0n) is 9.37. The topological polar surface area (TPSA) is 25.8 Å². The minimum absolute atomic E-state index is 0.231. The highest BCUT2D eigenvalue weighted by Gasteiger charge is 2.03. The van der Waals surface area contributed by atoms with Crippen LogP contribution in [0.3, 0.4) is 0 Å². The first-order chi connectivity index (χ1) is 7.69. The van der Waals surface area contributed by atoms with Crippen molar-refractivity contribution in [2.45, 2.75) is 20.3 Å². The number of halogens is 1. The molecular formula is C13H13FN2. The van der Waals surface area contributed by atoms with E-state index in [1.165, 1.54) is 12.1 Å². The zero-order chi connectivity index (χ0) is 11.5. The van der Waals surface area contributed by atoms with Gasteiger partial charge in [-0.2, -0.15) is 0 Å². The first-order valence-corrected chi connectivity index (χ1v) is 5.29. The molecule has 2 rings (SSSR count). The van der Waals surface area contributed by atoms with E-state index in [0.29, 0.717) is 0 Å². The van der Waals surface area contributed by atoms with Crippen LogP contribution in [0.1, 0.15) is 18.4 Å². The van der Waals surface area contributed by atoms with Gasteiger partial charge >= 0.3 is 0 Å². The van der Waals surface area contributed by atoms with Crippen molar-refractivity contribution in [1.82, 2.24) is 9.97 Å². The van der Waals surface area contributed by atoms with E-state index in [0.717, 1.165) is 29.2 Å². The highest BCUT2D eigenvalue weighted by atomic mass is 19.1. The van der Waals surface area contributed by atoms with Crippen LogP contribution in [-0.4, -0.2) is 9.97 Å². The molecule has 1 aromatic carbocycles. The lowest BCUT2D eigenvalue weighted by Gasteiger charge is -2.04. The van der Waals surface area contributed by atoms with Gasteiger partial charge in [0.15, 0.2) is 0 Å². The minimum Gasteiger partial charge on any atom is -0.238 e. The number of aromatic nitrogens is 2. The van der Waals surface area contributed by atoms with Crippen LogP contribution in [0.2, 0.25) is 0 Å². The monoisotopic (exact) mass is 216 g/mol. The number of hydrogen-bond donors (Lipinski definition) is 0. The summed E-state index contributed by atoms with van der Waals surface area (Å²) in [5.41, 5.74) is 2.71. The molecule has 0 spiro atoms. The fraction of sp³-hybridized carbons (Fsp3) is 0.231. The van der Waals surface area contributed by atoms with E-state index in [9.17, 15) is 4.39 Å². The van der Waals surface area contributed by atoms with Crippen molar-refractivity contribution in [3.05, 3.63) is 47.7 Å². The fourth-order valence-electron chi connectivity index (χ4n) is 1.56. The van der Waals surface area contributed by atoms with Gasteiger partial charge in [0.1, 0.15) is 11.6 Å². The molecule has 0 aliphatic carbocycles. The van der Waals surface area contributed by atoms with E-state index < -0.39 is 0 Å². The van der Waals surface area contributed by atoms with Crippen LogP contribution in [0.4, 0.5) is 4.39 Å². The molecule has 2 nitrogen and oxygen atoms in total. The van der Waals surface area contributed by atoms with Gasteiger partial charge in [-0.05, 0) is 37.3 Å². The van der Waals surface area contributed by atoms with E-state index in [1.54, 1.807) is 12.1 Å². The fourth-order valence-corrected chi connectivity index (χ4v) is 1.56. The Kier molecular flexibility index (Phi) is 2.95. The van der Waals surface area contributed by atoms with Crippen molar-refractivity contribution in [3.8, 4) is 11.3 Å². The molecule has 0 radical (unpaired) electrons. The summed E-state index contributed by atoms with van der Waals surface area (Å²) in [6, 6.07) is 8.26. The molecule has 0 saturated carbocycles. The third-order valence-electron chi connectivity index (χ3n) is 2.36. The standard InChI is InChI=1S/C13H13FN2/c1-3-13-15-9(2)8-12(16-13)10-4-6-11(14)7-5-10/h4-8H,3H2,1-2H3. The van der Waals surface area contributed by atoms with Crippen LogP contribution in [0.15, 0.2) is 30.3 Å². The maximum absolute atomic E-state index is 12.8. The summed E-state index contributed by atoms with van der Waals surface area (Å²) in [5.74, 6) is 0.588. The molecule has 16 heavy (non-hydrogen) atoms. The summed E-state index contributed by atoms with van der Waals surface area (Å²) in [5, 5.41) is 0. The van der Waals surface area contributed by atoms with E-state index in [1.807, 2.05) is 19.9 Å². The maximum Gasteiger partial charge on any atom is 0.128 e. The van der Waals surface area contributed by atoms with Gasteiger partial charge in [0.25, 0.3) is 0 Å². The smallest absolute Gasteiger partial charge is 0.128 e. The van der Waals surface area contributed by atoms with E-state index in [4.69, 9.17) is 0 Å². The Morgan fingerprint density at radius 2 is 1.81 bits per heavy atom. The Hall–Kier alpha value is -1.77. The molecule has 1 heterocycles. The van der Waals surface area contributed by atoms with Gasteiger partial charge in [-0.3, -0.25) is 0 Å². The molecule has 0 bridgehead atoms. The molecule has 0 atom stereocenters. The molecule has 0 aliphatic rings. The van der Waals surface area contributed by atoms with Gasteiger partial charge in [0.2, 0.25) is 0 Å². The summed E-state index contributed by atoms with van der Waals surface area (Å²) in [4.78, 5) is 8.73.